The maximum absolute atomic E-state index is 10.3. The van der Waals surface area contributed by atoms with E-state index in [0.717, 1.165) is 11.9 Å². The second-order valence-electron chi connectivity index (χ2n) is 4.82. The summed E-state index contributed by atoms with van der Waals surface area (Å²) in [7, 11) is 0. The highest BCUT2D eigenvalue weighted by atomic mass is 16.1. The molecule has 2 rings (SSSR count). The lowest BCUT2D eigenvalue weighted by atomic mass is 10.0. The minimum absolute atomic E-state index is 0.805. The summed E-state index contributed by atoms with van der Waals surface area (Å²) in [6.07, 6.45) is 8.32. The lowest BCUT2D eigenvalue weighted by Crippen LogP contribution is -1.80. The van der Waals surface area contributed by atoms with Gasteiger partial charge < -0.3 is 0 Å². The van der Waals surface area contributed by atoms with E-state index in [4.69, 9.17) is 0 Å². The molecule has 0 radical (unpaired) electrons. The van der Waals surface area contributed by atoms with Crippen molar-refractivity contribution in [3.63, 3.8) is 0 Å². The molecule has 0 spiro atoms. The van der Waals surface area contributed by atoms with E-state index >= 15 is 0 Å². The molecule has 0 aliphatic heterocycles. The fraction of sp³-hybridized carbons (Fsp3) is 0.105. The van der Waals surface area contributed by atoms with Crippen LogP contribution in [0.5, 0.6) is 0 Å². The molecular weight excluding hydrogens is 244 g/mol. The number of carbonyl (C=O) groups is 1. The smallest absolute Gasteiger partial charge is 0.143 e. The molecule has 1 heteroatoms. The third-order valence-electron chi connectivity index (χ3n) is 3.24. The van der Waals surface area contributed by atoms with Crippen LogP contribution in [0.3, 0.4) is 0 Å². The molecule has 0 saturated carbocycles. The van der Waals surface area contributed by atoms with Crippen LogP contribution in [0.1, 0.15) is 19.4 Å². The van der Waals surface area contributed by atoms with Crippen LogP contribution in [-0.4, -0.2) is 6.29 Å². The molecule has 0 bridgehead atoms. The number of benzene rings is 2. The Morgan fingerprint density at radius 1 is 0.950 bits per heavy atom. The van der Waals surface area contributed by atoms with Crippen LogP contribution < -0.4 is 0 Å². The molecule has 0 aliphatic carbocycles. The molecule has 0 saturated heterocycles. The van der Waals surface area contributed by atoms with Crippen molar-refractivity contribution in [3.05, 3.63) is 77.9 Å². The Morgan fingerprint density at radius 2 is 1.70 bits per heavy atom. The molecule has 0 aromatic heterocycles. The predicted octanol–water partition coefficient (Wildman–Crippen LogP) is 4.94. The van der Waals surface area contributed by atoms with Gasteiger partial charge in [-0.25, -0.2) is 0 Å². The number of rotatable bonds is 4. The summed E-state index contributed by atoms with van der Waals surface area (Å²) in [4.78, 5) is 10.3. The number of hydrogen-bond donors (Lipinski definition) is 0. The molecule has 0 heterocycles. The van der Waals surface area contributed by atoms with E-state index in [1.54, 1.807) is 6.08 Å². The van der Waals surface area contributed by atoms with E-state index in [1.807, 2.05) is 19.1 Å². The highest BCUT2D eigenvalue weighted by Gasteiger charge is 1.97. The van der Waals surface area contributed by atoms with Crippen LogP contribution in [0.25, 0.3) is 16.3 Å². The number of hydrogen-bond acceptors (Lipinski definition) is 1. The van der Waals surface area contributed by atoms with Crippen molar-refractivity contribution in [1.82, 2.24) is 0 Å². The van der Waals surface area contributed by atoms with Crippen molar-refractivity contribution in [2.45, 2.75) is 13.8 Å². The van der Waals surface area contributed by atoms with E-state index < -0.39 is 0 Å². The van der Waals surface area contributed by atoms with E-state index in [0.29, 0.717) is 0 Å². The molecule has 2 aromatic rings. The Balaban J connectivity index is 2.24. The summed E-state index contributed by atoms with van der Waals surface area (Å²) in [6, 6.07) is 14.8. The molecule has 1 nitrogen and oxygen atoms in total. The third kappa shape index (κ3) is 3.55. The van der Waals surface area contributed by atoms with Gasteiger partial charge in [0.2, 0.25) is 0 Å². The highest BCUT2D eigenvalue weighted by Crippen LogP contribution is 2.20. The Bertz CT molecular complexity index is 703. The van der Waals surface area contributed by atoms with Gasteiger partial charge in [0.15, 0.2) is 0 Å². The lowest BCUT2D eigenvalue weighted by Gasteiger charge is -2.03. The van der Waals surface area contributed by atoms with Gasteiger partial charge in [0.1, 0.15) is 6.29 Å². The summed E-state index contributed by atoms with van der Waals surface area (Å²) >= 11 is 0. The maximum Gasteiger partial charge on any atom is 0.143 e. The molecule has 2 aromatic carbocycles. The van der Waals surface area contributed by atoms with Gasteiger partial charge in [-0.3, -0.25) is 4.79 Å². The first-order chi connectivity index (χ1) is 9.70. The first-order valence-corrected chi connectivity index (χ1v) is 6.67. The number of fused-ring (bicyclic) bond motifs is 1. The molecule has 0 atom stereocenters. The largest absolute Gasteiger partial charge is 0.299 e. The highest BCUT2D eigenvalue weighted by molar-refractivity contribution is 5.86. The van der Waals surface area contributed by atoms with Crippen LogP contribution in [0.15, 0.2) is 72.3 Å². The molecular formula is C19H18O. The zero-order valence-corrected chi connectivity index (χ0v) is 11.8. The first-order valence-electron chi connectivity index (χ1n) is 6.67. The van der Waals surface area contributed by atoms with E-state index in [2.05, 4.69) is 55.5 Å². The molecule has 100 valence electrons. The zero-order valence-electron chi connectivity index (χ0n) is 11.8. The van der Waals surface area contributed by atoms with Crippen molar-refractivity contribution in [2.75, 3.05) is 0 Å². The van der Waals surface area contributed by atoms with Crippen LogP contribution in [0.2, 0.25) is 0 Å². The molecule has 0 aliphatic rings. The van der Waals surface area contributed by atoms with Crippen molar-refractivity contribution >= 4 is 22.6 Å². The minimum Gasteiger partial charge on any atom is -0.299 e. The van der Waals surface area contributed by atoms with Gasteiger partial charge in [0.05, 0.1) is 0 Å². The van der Waals surface area contributed by atoms with Crippen LogP contribution >= 0.6 is 0 Å². The third-order valence-corrected chi connectivity index (χ3v) is 3.24. The molecule has 20 heavy (non-hydrogen) atoms. The van der Waals surface area contributed by atoms with Crippen LogP contribution in [0, 0.1) is 0 Å². The quantitative estimate of drug-likeness (QED) is 0.433. The van der Waals surface area contributed by atoms with E-state index in [1.165, 1.54) is 21.9 Å². The van der Waals surface area contributed by atoms with Gasteiger partial charge in [-0.15, -0.1) is 0 Å². The molecule has 0 fully saturated rings. The van der Waals surface area contributed by atoms with E-state index in [-0.39, 0.29) is 0 Å². The summed E-state index contributed by atoms with van der Waals surface area (Å²) < 4.78 is 0. The number of allylic oxidation sites excluding steroid dienone is 6. The number of carbonyl (C=O) groups excluding carboxylic acids is 1. The normalized spacial score (nSPS) is 13.1. The predicted molar refractivity (Wildman–Crippen MR) is 86.6 cm³/mol. The standard InChI is InChI=1S/C19H18O/c1-15(12-13-20)6-5-7-16(2)18-11-10-17-8-3-4-9-19(17)14-18/h3-14H,1-2H3/b6-5+,15-12+,16-7-. The van der Waals surface area contributed by atoms with E-state index in [9.17, 15) is 4.79 Å². The van der Waals surface area contributed by atoms with Gasteiger partial charge in [-0.2, -0.15) is 0 Å². The lowest BCUT2D eigenvalue weighted by molar-refractivity contribution is -0.104. The van der Waals surface area contributed by atoms with Crippen molar-refractivity contribution < 1.29 is 4.79 Å². The fourth-order valence-electron chi connectivity index (χ4n) is 2.04. The second-order valence-corrected chi connectivity index (χ2v) is 4.82. The van der Waals surface area contributed by atoms with Gasteiger partial charge in [-0.05, 0) is 53.5 Å². The monoisotopic (exact) mass is 262 g/mol. The molecule has 0 unspecified atom stereocenters. The Kier molecular flexibility index (Phi) is 4.67. The van der Waals surface area contributed by atoms with Gasteiger partial charge in [0.25, 0.3) is 0 Å². The minimum atomic E-state index is 0.805. The van der Waals surface area contributed by atoms with Gasteiger partial charge in [-0.1, -0.05) is 54.6 Å². The average Bonchev–Trinajstić information content (AvgIpc) is 2.47. The topological polar surface area (TPSA) is 17.1 Å². The first kappa shape index (κ1) is 14.0. The maximum atomic E-state index is 10.3. The van der Waals surface area contributed by atoms with Crippen molar-refractivity contribution in [2.24, 2.45) is 0 Å². The summed E-state index contributed by atoms with van der Waals surface area (Å²) in [5, 5.41) is 2.50. The summed E-state index contributed by atoms with van der Waals surface area (Å²) in [5.41, 5.74) is 3.36. The van der Waals surface area contributed by atoms with Crippen LogP contribution in [0.4, 0.5) is 0 Å². The Morgan fingerprint density at radius 3 is 2.45 bits per heavy atom. The average molecular weight is 262 g/mol. The van der Waals surface area contributed by atoms with Gasteiger partial charge >= 0.3 is 0 Å². The SMILES string of the molecule is C/C(=C/C=C/C(C)=C/C=O)c1ccc2ccccc2c1. The Hall–Kier alpha value is -2.41. The van der Waals surface area contributed by atoms with Crippen molar-refractivity contribution in [3.8, 4) is 0 Å². The second kappa shape index (κ2) is 6.67. The van der Waals surface area contributed by atoms with Crippen molar-refractivity contribution in [1.29, 1.82) is 0 Å². The number of aldehydes is 1. The summed E-state index contributed by atoms with van der Waals surface area (Å²) in [5.74, 6) is 0. The molecule has 0 amide bonds. The molecule has 0 N–H and O–H groups in total. The fourth-order valence-corrected chi connectivity index (χ4v) is 2.04. The van der Waals surface area contributed by atoms with Gasteiger partial charge in [0, 0.05) is 0 Å². The zero-order chi connectivity index (χ0) is 14.4. The Labute approximate surface area is 119 Å². The summed E-state index contributed by atoms with van der Waals surface area (Å²) in [6.45, 7) is 4.00. The van der Waals surface area contributed by atoms with Crippen LogP contribution in [-0.2, 0) is 4.79 Å².